The number of nitrogens with zero attached hydrogens (tertiary/aromatic N) is 1. The number of carbonyl (C=O) groups excluding carboxylic acids is 1. The van der Waals surface area contributed by atoms with E-state index < -0.39 is 0 Å². The van der Waals surface area contributed by atoms with Gasteiger partial charge in [0.25, 0.3) is 0 Å². The lowest BCUT2D eigenvalue weighted by molar-refractivity contribution is -0.117. The van der Waals surface area contributed by atoms with Gasteiger partial charge in [-0.3, -0.25) is 9.69 Å². The van der Waals surface area contributed by atoms with E-state index in [-0.39, 0.29) is 5.91 Å². The summed E-state index contributed by atoms with van der Waals surface area (Å²) in [5, 5.41) is 3.08. The highest BCUT2D eigenvalue weighted by atomic mass is 16.2. The van der Waals surface area contributed by atoms with Crippen LogP contribution in [0.3, 0.4) is 0 Å². The molecule has 0 aliphatic heterocycles. The first-order valence-electron chi connectivity index (χ1n) is 8.64. The molecule has 24 heavy (non-hydrogen) atoms. The molecule has 0 atom stereocenters. The summed E-state index contributed by atoms with van der Waals surface area (Å²) in [5.74, 6) is 0.416. The molecule has 0 unspecified atom stereocenters. The fourth-order valence-corrected chi connectivity index (χ4v) is 2.73. The van der Waals surface area contributed by atoms with E-state index in [1.165, 1.54) is 11.1 Å². The third-order valence-corrected chi connectivity index (χ3v) is 4.16. The Labute approximate surface area is 145 Å². The highest BCUT2D eigenvalue weighted by Gasteiger charge is 2.16. The largest absolute Gasteiger partial charge is 0.325 e. The van der Waals surface area contributed by atoms with Gasteiger partial charge in [-0.25, -0.2) is 0 Å². The number of amides is 1. The van der Waals surface area contributed by atoms with E-state index in [1.807, 2.05) is 36.4 Å². The molecule has 1 N–H and O–H groups in total. The van der Waals surface area contributed by atoms with Gasteiger partial charge in [-0.1, -0.05) is 62.4 Å². The lowest BCUT2D eigenvalue weighted by atomic mass is 10.0. The van der Waals surface area contributed by atoms with Crippen LogP contribution in [0.15, 0.2) is 54.6 Å². The molecule has 0 saturated heterocycles. The van der Waals surface area contributed by atoms with Crippen LogP contribution in [0.1, 0.15) is 44.7 Å². The molecular formula is C21H28N2O. The minimum Gasteiger partial charge on any atom is -0.325 e. The standard InChI is InChI=1S/C21H28N2O/c1-16(2)19-12-8-9-13-20(19)22-21(24)15-23(17(3)4)14-18-10-6-5-7-11-18/h5-13,16-17H,14-15H2,1-4H3,(H,22,24). The van der Waals surface area contributed by atoms with Crippen LogP contribution >= 0.6 is 0 Å². The quantitative estimate of drug-likeness (QED) is 0.803. The van der Waals surface area contributed by atoms with Crippen molar-refractivity contribution in [1.29, 1.82) is 0 Å². The van der Waals surface area contributed by atoms with Gasteiger partial charge in [-0.15, -0.1) is 0 Å². The number of anilines is 1. The molecule has 2 rings (SSSR count). The zero-order valence-corrected chi connectivity index (χ0v) is 15.1. The second-order valence-corrected chi connectivity index (χ2v) is 6.77. The van der Waals surface area contributed by atoms with Crippen LogP contribution in [0.5, 0.6) is 0 Å². The molecule has 0 spiro atoms. The highest BCUT2D eigenvalue weighted by Crippen LogP contribution is 2.23. The van der Waals surface area contributed by atoms with E-state index >= 15 is 0 Å². The van der Waals surface area contributed by atoms with Crippen molar-refractivity contribution in [3.8, 4) is 0 Å². The number of benzene rings is 2. The first-order chi connectivity index (χ1) is 11.5. The Hall–Kier alpha value is -2.13. The van der Waals surface area contributed by atoms with Crippen molar-refractivity contribution in [3.05, 3.63) is 65.7 Å². The van der Waals surface area contributed by atoms with Crippen molar-refractivity contribution < 1.29 is 4.79 Å². The zero-order valence-electron chi connectivity index (χ0n) is 15.1. The maximum atomic E-state index is 12.5. The fourth-order valence-electron chi connectivity index (χ4n) is 2.73. The molecule has 0 aliphatic carbocycles. The van der Waals surface area contributed by atoms with Gasteiger partial charge >= 0.3 is 0 Å². The van der Waals surface area contributed by atoms with Crippen LogP contribution in [0.25, 0.3) is 0 Å². The van der Waals surface area contributed by atoms with Crippen molar-refractivity contribution in [2.75, 3.05) is 11.9 Å². The smallest absolute Gasteiger partial charge is 0.238 e. The van der Waals surface area contributed by atoms with Gasteiger partial charge in [0.1, 0.15) is 0 Å². The summed E-state index contributed by atoms with van der Waals surface area (Å²) in [6, 6.07) is 18.6. The normalized spacial score (nSPS) is 11.3. The van der Waals surface area contributed by atoms with Gasteiger partial charge < -0.3 is 5.32 Å². The van der Waals surface area contributed by atoms with Gasteiger partial charge in [0.15, 0.2) is 0 Å². The van der Waals surface area contributed by atoms with E-state index in [0.717, 1.165) is 12.2 Å². The molecule has 2 aromatic carbocycles. The van der Waals surface area contributed by atoms with Gasteiger partial charge in [-0.2, -0.15) is 0 Å². The number of hydrogen-bond acceptors (Lipinski definition) is 2. The van der Waals surface area contributed by atoms with Gasteiger partial charge in [-0.05, 0) is 37.0 Å². The van der Waals surface area contributed by atoms with E-state index in [4.69, 9.17) is 0 Å². The summed E-state index contributed by atoms with van der Waals surface area (Å²) < 4.78 is 0. The summed E-state index contributed by atoms with van der Waals surface area (Å²) >= 11 is 0. The number of hydrogen-bond donors (Lipinski definition) is 1. The first kappa shape index (κ1) is 18.2. The maximum Gasteiger partial charge on any atom is 0.238 e. The van der Waals surface area contributed by atoms with Gasteiger partial charge in [0, 0.05) is 18.3 Å². The first-order valence-corrected chi connectivity index (χ1v) is 8.64. The Morgan fingerprint density at radius 1 is 0.958 bits per heavy atom. The molecule has 0 aromatic heterocycles. The third-order valence-electron chi connectivity index (χ3n) is 4.16. The molecular weight excluding hydrogens is 296 g/mol. The summed E-state index contributed by atoms with van der Waals surface area (Å²) in [7, 11) is 0. The molecule has 0 radical (unpaired) electrons. The van der Waals surface area contributed by atoms with Gasteiger partial charge in [0.05, 0.1) is 6.54 Å². The number of para-hydroxylation sites is 1. The minimum absolute atomic E-state index is 0.0349. The summed E-state index contributed by atoms with van der Waals surface area (Å²) in [6.45, 7) is 9.69. The summed E-state index contributed by atoms with van der Waals surface area (Å²) in [6.07, 6.45) is 0. The molecule has 0 heterocycles. The van der Waals surface area contributed by atoms with Crippen molar-refractivity contribution in [3.63, 3.8) is 0 Å². The second kappa shape index (κ2) is 8.65. The van der Waals surface area contributed by atoms with Crippen LogP contribution in [0.4, 0.5) is 5.69 Å². The number of rotatable bonds is 7. The predicted octanol–water partition coefficient (Wildman–Crippen LogP) is 4.66. The molecule has 0 saturated carbocycles. The van der Waals surface area contributed by atoms with Crippen molar-refractivity contribution in [1.82, 2.24) is 4.90 Å². The minimum atomic E-state index is 0.0349. The average Bonchev–Trinajstić information content (AvgIpc) is 2.55. The Balaban J connectivity index is 2.04. The number of nitrogens with one attached hydrogen (secondary N) is 1. The molecule has 0 bridgehead atoms. The highest BCUT2D eigenvalue weighted by molar-refractivity contribution is 5.93. The number of carbonyl (C=O) groups is 1. The maximum absolute atomic E-state index is 12.5. The average molecular weight is 324 g/mol. The second-order valence-electron chi connectivity index (χ2n) is 6.77. The molecule has 128 valence electrons. The summed E-state index contributed by atoms with van der Waals surface area (Å²) in [5.41, 5.74) is 3.31. The van der Waals surface area contributed by atoms with Crippen LogP contribution in [0, 0.1) is 0 Å². The Morgan fingerprint density at radius 2 is 1.58 bits per heavy atom. The Bertz CT molecular complexity index is 650. The van der Waals surface area contributed by atoms with E-state index in [1.54, 1.807) is 0 Å². The van der Waals surface area contributed by atoms with Crippen molar-refractivity contribution in [2.24, 2.45) is 0 Å². The predicted molar refractivity (Wildman–Crippen MR) is 101 cm³/mol. The van der Waals surface area contributed by atoms with E-state index in [2.05, 4.69) is 56.1 Å². The molecule has 0 aliphatic rings. The zero-order chi connectivity index (χ0) is 17.5. The molecule has 0 fully saturated rings. The topological polar surface area (TPSA) is 32.3 Å². The van der Waals surface area contributed by atoms with Crippen LogP contribution in [0.2, 0.25) is 0 Å². The molecule has 3 nitrogen and oxygen atoms in total. The SMILES string of the molecule is CC(C)c1ccccc1NC(=O)CN(Cc1ccccc1)C(C)C. The lowest BCUT2D eigenvalue weighted by Gasteiger charge is -2.26. The molecule has 3 heteroatoms. The van der Waals surface area contributed by atoms with E-state index in [9.17, 15) is 4.79 Å². The van der Waals surface area contributed by atoms with Crippen molar-refractivity contribution in [2.45, 2.75) is 46.2 Å². The molecule has 2 aromatic rings. The van der Waals surface area contributed by atoms with Crippen LogP contribution in [-0.4, -0.2) is 23.4 Å². The van der Waals surface area contributed by atoms with Gasteiger partial charge in [0.2, 0.25) is 5.91 Å². The van der Waals surface area contributed by atoms with Crippen molar-refractivity contribution >= 4 is 11.6 Å². The summed E-state index contributed by atoms with van der Waals surface area (Å²) in [4.78, 5) is 14.7. The monoisotopic (exact) mass is 324 g/mol. The fraction of sp³-hybridized carbons (Fsp3) is 0.381. The molecule has 1 amide bonds. The van der Waals surface area contributed by atoms with E-state index in [0.29, 0.717) is 18.5 Å². The van der Waals surface area contributed by atoms with Crippen LogP contribution in [-0.2, 0) is 11.3 Å². The third kappa shape index (κ3) is 5.20. The lowest BCUT2D eigenvalue weighted by Crippen LogP contribution is -2.37. The Morgan fingerprint density at radius 3 is 2.21 bits per heavy atom. The Kier molecular flexibility index (Phi) is 6.56. The van der Waals surface area contributed by atoms with Crippen LogP contribution < -0.4 is 5.32 Å².